The Kier molecular flexibility index (Phi) is 5.11. The van der Waals surface area contributed by atoms with E-state index in [9.17, 15) is 13.9 Å². The quantitative estimate of drug-likeness (QED) is 0.916. The normalized spacial score (nSPS) is 25.6. The lowest BCUT2D eigenvalue weighted by molar-refractivity contribution is 0.103. The summed E-state index contributed by atoms with van der Waals surface area (Å²) in [4.78, 5) is 2.33. The van der Waals surface area contributed by atoms with Gasteiger partial charge < -0.3 is 10.0 Å². The molecule has 1 aliphatic heterocycles. The maximum atomic E-state index is 13.1. The lowest BCUT2D eigenvalue weighted by Crippen LogP contribution is -2.39. The summed E-state index contributed by atoms with van der Waals surface area (Å²) in [5.74, 6) is 0.0588. The van der Waals surface area contributed by atoms with Crippen LogP contribution in [0.25, 0.3) is 0 Å². The smallest absolute Gasteiger partial charge is 0.126 e. The van der Waals surface area contributed by atoms with E-state index in [4.69, 9.17) is 0 Å². The molecule has 0 saturated carbocycles. The van der Waals surface area contributed by atoms with E-state index in [1.807, 2.05) is 0 Å². The van der Waals surface area contributed by atoms with Crippen LogP contribution in [0.3, 0.4) is 0 Å². The molecule has 0 amide bonds. The molecule has 0 radical (unpaired) electrons. The number of halogens is 2. The summed E-state index contributed by atoms with van der Waals surface area (Å²) < 4.78 is 26.2. The highest BCUT2D eigenvalue weighted by Crippen LogP contribution is 2.24. The minimum Gasteiger partial charge on any atom is -0.388 e. The van der Waals surface area contributed by atoms with Crippen LogP contribution in [0.1, 0.15) is 38.4 Å². The first-order valence-corrected chi connectivity index (χ1v) is 7.30. The number of hydrogen-bond donors (Lipinski definition) is 1. The Morgan fingerprint density at radius 2 is 1.70 bits per heavy atom. The molecule has 112 valence electrons. The number of hydrogen-bond acceptors (Lipinski definition) is 2. The van der Waals surface area contributed by atoms with Gasteiger partial charge in [0.05, 0.1) is 6.10 Å². The van der Waals surface area contributed by atoms with Crippen LogP contribution in [0, 0.1) is 23.5 Å². The summed E-state index contributed by atoms with van der Waals surface area (Å²) >= 11 is 0. The van der Waals surface area contributed by atoms with Crippen molar-refractivity contribution in [3.63, 3.8) is 0 Å². The van der Waals surface area contributed by atoms with Crippen molar-refractivity contribution in [2.75, 3.05) is 19.6 Å². The average Bonchev–Trinajstić information content (AvgIpc) is 2.33. The van der Waals surface area contributed by atoms with E-state index in [1.54, 1.807) is 0 Å². The number of rotatable bonds is 4. The van der Waals surface area contributed by atoms with Gasteiger partial charge in [-0.3, -0.25) is 0 Å². The van der Waals surface area contributed by atoms with Gasteiger partial charge in [0.25, 0.3) is 0 Å². The lowest BCUT2D eigenvalue weighted by Gasteiger charge is -2.35. The molecule has 0 bridgehead atoms. The van der Waals surface area contributed by atoms with Crippen molar-refractivity contribution < 1.29 is 13.9 Å². The highest BCUT2D eigenvalue weighted by atomic mass is 19.1. The minimum absolute atomic E-state index is 0.320. The van der Waals surface area contributed by atoms with Gasteiger partial charge >= 0.3 is 0 Å². The van der Waals surface area contributed by atoms with E-state index in [0.29, 0.717) is 23.8 Å². The predicted octanol–water partition coefficient (Wildman–Crippen LogP) is 3.37. The van der Waals surface area contributed by atoms with Crippen molar-refractivity contribution >= 4 is 0 Å². The molecule has 0 aromatic heterocycles. The Morgan fingerprint density at radius 3 is 2.25 bits per heavy atom. The van der Waals surface area contributed by atoms with E-state index < -0.39 is 17.7 Å². The van der Waals surface area contributed by atoms with E-state index >= 15 is 0 Å². The fourth-order valence-corrected chi connectivity index (χ4v) is 3.21. The first kappa shape index (κ1) is 15.4. The molecule has 1 aliphatic rings. The Balaban J connectivity index is 1.89. The third-order valence-corrected chi connectivity index (χ3v) is 3.93. The molecule has 1 saturated heterocycles. The van der Waals surface area contributed by atoms with Crippen LogP contribution >= 0.6 is 0 Å². The standard InChI is InChI=1S/C16H23F2NO/c1-11-5-12(2)10-19(9-11)4-3-16(20)13-6-14(17)8-15(18)7-13/h6-8,11-12,16,20H,3-5,9-10H2,1-2H3. The SMILES string of the molecule is CC1CC(C)CN(CCC(O)c2cc(F)cc(F)c2)C1. The minimum atomic E-state index is -0.812. The Morgan fingerprint density at radius 1 is 1.15 bits per heavy atom. The molecule has 2 nitrogen and oxygen atoms in total. The van der Waals surface area contributed by atoms with Gasteiger partial charge in [-0.1, -0.05) is 13.8 Å². The van der Waals surface area contributed by atoms with E-state index in [2.05, 4.69) is 18.7 Å². The van der Waals surface area contributed by atoms with Gasteiger partial charge in [0.1, 0.15) is 11.6 Å². The van der Waals surface area contributed by atoms with E-state index in [0.717, 1.165) is 25.7 Å². The summed E-state index contributed by atoms with van der Waals surface area (Å²) in [5, 5.41) is 10.1. The van der Waals surface area contributed by atoms with E-state index in [-0.39, 0.29) is 0 Å². The van der Waals surface area contributed by atoms with Crippen LogP contribution in [-0.2, 0) is 0 Å². The molecule has 3 atom stereocenters. The molecule has 1 fully saturated rings. The van der Waals surface area contributed by atoms with Crippen molar-refractivity contribution in [1.29, 1.82) is 0 Å². The van der Waals surface area contributed by atoms with Crippen LogP contribution in [0.5, 0.6) is 0 Å². The fourth-order valence-electron chi connectivity index (χ4n) is 3.21. The molecule has 1 aromatic rings. The molecule has 20 heavy (non-hydrogen) atoms. The van der Waals surface area contributed by atoms with Crippen molar-refractivity contribution in [1.82, 2.24) is 4.90 Å². The Hall–Kier alpha value is -1.00. The molecule has 0 aliphatic carbocycles. The second-order valence-corrected chi connectivity index (χ2v) is 6.21. The second-order valence-electron chi connectivity index (χ2n) is 6.21. The van der Waals surface area contributed by atoms with Crippen molar-refractivity contribution in [3.05, 3.63) is 35.4 Å². The first-order valence-electron chi connectivity index (χ1n) is 7.30. The molecule has 4 heteroatoms. The molecular formula is C16H23F2NO. The zero-order valence-electron chi connectivity index (χ0n) is 12.1. The summed E-state index contributed by atoms with van der Waals surface area (Å²) in [6.45, 7) is 7.30. The predicted molar refractivity (Wildman–Crippen MR) is 75.3 cm³/mol. The summed E-state index contributed by atoms with van der Waals surface area (Å²) in [5.41, 5.74) is 0.320. The summed E-state index contributed by atoms with van der Waals surface area (Å²) in [6.07, 6.45) is 0.934. The summed E-state index contributed by atoms with van der Waals surface area (Å²) in [7, 11) is 0. The number of likely N-dealkylation sites (tertiary alicyclic amines) is 1. The van der Waals surface area contributed by atoms with Crippen molar-refractivity contribution in [2.24, 2.45) is 11.8 Å². The van der Waals surface area contributed by atoms with Gasteiger partial charge in [0.15, 0.2) is 0 Å². The molecule has 0 spiro atoms. The number of nitrogens with zero attached hydrogens (tertiary/aromatic N) is 1. The third kappa shape index (κ3) is 4.25. The topological polar surface area (TPSA) is 23.5 Å². The Bertz CT molecular complexity index is 422. The van der Waals surface area contributed by atoms with Gasteiger partial charge in [-0.05, 0) is 42.4 Å². The molecule has 3 unspecified atom stereocenters. The number of aliphatic hydroxyl groups excluding tert-OH is 1. The van der Waals surface area contributed by atoms with Crippen molar-refractivity contribution in [2.45, 2.75) is 32.8 Å². The van der Waals surface area contributed by atoms with Crippen LogP contribution in [-0.4, -0.2) is 29.6 Å². The molecule has 1 N–H and O–H groups in total. The number of piperidine rings is 1. The van der Waals surface area contributed by atoms with Gasteiger partial charge in [-0.2, -0.15) is 0 Å². The van der Waals surface area contributed by atoms with E-state index in [1.165, 1.54) is 18.6 Å². The summed E-state index contributed by atoms with van der Waals surface area (Å²) in [6, 6.07) is 3.23. The molecular weight excluding hydrogens is 260 g/mol. The monoisotopic (exact) mass is 283 g/mol. The van der Waals surface area contributed by atoms with Gasteiger partial charge in [-0.15, -0.1) is 0 Å². The average molecular weight is 283 g/mol. The maximum Gasteiger partial charge on any atom is 0.126 e. The third-order valence-electron chi connectivity index (χ3n) is 3.93. The highest BCUT2D eigenvalue weighted by molar-refractivity contribution is 5.20. The van der Waals surface area contributed by atoms with Gasteiger partial charge in [-0.25, -0.2) is 8.78 Å². The van der Waals surface area contributed by atoms with Crippen LogP contribution in [0.2, 0.25) is 0 Å². The van der Waals surface area contributed by atoms with Crippen LogP contribution in [0.15, 0.2) is 18.2 Å². The Labute approximate surface area is 119 Å². The van der Waals surface area contributed by atoms with Crippen LogP contribution < -0.4 is 0 Å². The maximum absolute atomic E-state index is 13.1. The van der Waals surface area contributed by atoms with Gasteiger partial charge in [0, 0.05) is 25.7 Å². The van der Waals surface area contributed by atoms with Gasteiger partial charge in [0.2, 0.25) is 0 Å². The molecule has 1 heterocycles. The number of benzene rings is 1. The zero-order valence-corrected chi connectivity index (χ0v) is 12.1. The highest BCUT2D eigenvalue weighted by Gasteiger charge is 2.22. The zero-order chi connectivity index (χ0) is 14.7. The molecule has 2 rings (SSSR count). The molecule has 1 aromatic carbocycles. The van der Waals surface area contributed by atoms with Crippen molar-refractivity contribution in [3.8, 4) is 0 Å². The lowest BCUT2D eigenvalue weighted by atomic mass is 9.91. The second kappa shape index (κ2) is 6.64. The fraction of sp³-hybridized carbons (Fsp3) is 0.625. The number of aliphatic hydroxyl groups is 1. The first-order chi connectivity index (χ1) is 9.44. The largest absolute Gasteiger partial charge is 0.388 e. The van der Waals surface area contributed by atoms with Crippen LogP contribution in [0.4, 0.5) is 8.78 Å².